The second-order valence-corrected chi connectivity index (χ2v) is 4.08. The highest BCUT2D eigenvalue weighted by Gasteiger charge is 2.12. The van der Waals surface area contributed by atoms with Crippen molar-refractivity contribution in [3.8, 4) is 0 Å². The third-order valence-electron chi connectivity index (χ3n) is 2.74. The second kappa shape index (κ2) is 4.14. The Bertz CT molecular complexity index is 504. The zero-order valence-electron chi connectivity index (χ0n) is 9.90. The van der Waals surface area contributed by atoms with E-state index in [2.05, 4.69) is 16.5 Å². The number of hydrogen-bond donors (Lipinski definition) is 1. The number of nitrogens with two attached hydrogens (primary N) is 1. The number of fused-ring (bicyclic) bond motifs is 1. The first-order valence-electron chi connectivity index (χ1n) is 5.36. The van der Waals surface area contributed by atoms with Gasteiger partial charge in [0.25, 0.3) is 0 Å². The van der Waals surface area contributed by atoms with Gasteiger partial charge in [-0.25, -0.2) is 4.98 Å². The summed E-state index contributed by atoms with van der Waals surface area (Å²) >= 11 is 0. The number of anilines is 1. The summed E-state index contributed by atoms with van der Waals surface area (Å²) in [6.45, 7) is 4.80. The average Bonchev–Trinajstić information content (AvgIpc) is 2.53. The zero-order chi connectivity index (χ0) is 11.7. The van der Waals surface area contributed by atoms with Gasteiger partial charge in [-0.2, -0.15) is 0 Å². The molecular formula is C12H17N3O. The summed E-state index contributed by atoms with van der Waals surface area (Å²) in [7, 11) is 1.71. The molecule has 86 valence electrons. The standard InChI is InChI=1S/C12H17N3O/c1-8(7-16-3)15-9(2)14-11-6-10(13)4-5-12(11)15/h4-6,8H,7,13H2,1-3H3. The SMILES string of the molecule is COCC(C)n1c(C)nc2cc(N)ccc21. The van der Waals surface area contributed by atoms with Crippen molar-refractivity contribution in [3.63, 3.8) is 0 Å². The van der Waals surface area contributed by atoms with Crippen LogP contribution in [0.5, 0.6) is 0 Å². The molecular weight excluding hydrogens is 202 g/mol. The van der Waals surface area contributed by atoms with Crippen molar-refractivity contribution in [2.24, 2.45) is 0 Å². The number of ether oxygens (including phenoxy) is 1. The van der Waals surface area contributed by atoms with Crippen LogP contribution in [0.25, 0.3) is 11.0 Å². The van der Waals surface area contributed by atoms with Crippen molar-refractivity contribution < 1.29 is 4.74 Å². The minimum Gasteiger partial charge on any atom is -0.399 e. The number of methoxy groups -OCH3 is 1. The number of aryl methyl sites for hydroxylation is 1. The van der Waals surface area contributed by atoms with Crippen LogP contribution in [-0.2, 0) is 4.74 Å². The van der Waals surface area contributed by atoms with Crippen molar-refractivity contribution in [2.45, 2.75) is 19.9 Å². The highest BCUT2D eigenvalue weighted by Crippen LogP contribution is 2.22. The van der Waals surface area contributed by atoms with E-state index in [0.717, 1.165) is 22.5 Å². The predicted molar refractivity (Wildman–Crippen MR) is 65.5 cm³/mol. The van der Waals surface area contributed by atoms with Gasteiger partial charge in [-0.3, -0.25) is 0 Å². The van der Waals surface area contributed by atoms with Gasteiger partial charge in [0.2, 0.25) is 0 Å². The lowest BCUT2D eigenvalue weighted by Gasteiger charge is -2.15. The molecule has 2 N–H and O–H groups in total. The molecule has 1 heterocycles. The van der Waals surface area contributed by atoms with E-state index in [1.54, 1.807) is 7.11 Å². The van der Waals surface area contributed by atoms with Crippen molar-refractivity contribution in [1.29, 1.82) is 0 Å². The van der Waals surface area contributed by atoms with Gasteiger partial charge in [0, 0.05) is 12.8 Å². The highest BCUT2D eigenvalue weighted by molar-refractivity contribution is 5.79. The fourth-order valence-electron chi connectivity index (χ4n) is 2.11. The summed E-state index contributed by atoms with van der Waals surface area (Å²) < 4.78 is 7.36. The largest absolute Gasteiger partial charge is 0.399 e. The highest BCUT2D eigenvalue weighted by atomic mass is 16.5. The maximum absolute atomic E-state index is 5.74. The molecule has 0 radical (unpaired) electrons. The summed E-state index contributed by atoms with van der Waals surface area (Å²) in [5.41, 5.74) is 8.54. The molecule has 2 aromatic rings. The Kier molecular flexibility index (Phi) is 2.83. The van der Waals surface area contributed by atoms with E-state index >= 15 is 0 Å². The summed E-state index contributed by atoms with van der Waals surface area (Å²) in [6.07, 6.45) is 0. The van der Waals surface area contributed by atoms with Crippen molar-refractivity contribution in [1.82, 2.24) is 9.55 Å². The lowest BCUT2D eigenvalue weighted by Crippen LogP contribution is -2.12. The summed E-state index contributed by atoms with van der Waals surface area (Å²) in [4.78, 5) is 4.50. The van der Waals surface area contributed by atoms with Gasteiger partial charge >= 0.3 is 0 Å². The predicted octanol–water partition coefficient (Wildman–Crippen LogP) is 2.13. The van der Waals surface area contributed by atoms with E-state index in [1.165, 1.54) is 0 Å². The van der Waals surface area contributed by atoms with Gasteiger partial charge in [0.15, 0.2) is 0 Å². The van der Waals surface area contributed by atoms with Crippen molar-refractivity contribution >= 4 is 16.7 Å². The quantitative estimate of drug-likeness (QED) is 0.804. The van der Waals surface area contributed by atoms with E-state index in [4.69, 9.17) is 10.5 Å². The number of benzene rings is 1. The van der Waals surface area contributed by atoms with Crippen LogP contribution in [-0.4, -0.2) is 23.3 Å². The third-order valence-corrected chi connectivity index (χ3v) is 2.74. The van der Waals surface area contributed by atoms with E-state index < -0.39 is 0 Å². The minimum absolute atomic E-state index is 0.277. The number of nitrogens with zero attached hydrogens (tertiary/aromatic N) is 2. The Balaban J connectivity index is 2.55. The van der Waals surface area contributed by atoms with E-state index in [9.17, 15) is 0 Å². The molecule has 16 heavy (non-hydrogen) atoms. The molecule has 4 heteroatoms. The molecule has 1 atom stereocenters. The minimum atomic E-state index is 0.277. The van der Waals surface area contributed by atoms with Gasteiger partial charge < -0.3 is 15.0 Å². The lowest BCUT2D eigenvalue weighted by molar-refractivity contribution is 0.163. The zero-order valence-corrected chi connectivity index (χ0v) is 9.90. The van der Waals surface area contributed by atoms with E-state index in [-0.39, 0.29) is 6.04 Å². The Morgan fingerprint density at radius 3 is 2.94 bits per heavy atom. The Morgan fingerprint density at radius 2 is 2.25 bits per heavy atom. The molecule has 0 aliphatic carbocycles. The number of nitrogen functional groups attached to an aromatic ring is 1. The fraction of sp³-hybridized carbons (Fsp3) is 0.417. The van der Waals surface area contributed by atoms with Crippen LogP contribution in [0.2, 0.25) is 0 Å². The normalized spacial score (nSPS) is 13.2. The van der Waals surface area contributed by atoms with Crippen molar-refractivity contribution in [3.05, 3.63) is 24.0 Å². The molecule has 0 amide bonds. The van der Waals surface area contributed by atoms with Crippen LogP contribution in [0.1, 0.15) is 18.8 Å². The monoisotopic (exact) mass is 219 g/mol. The Hall–Kier alpha value is -1.55. The first-order valence-corrected chi connectivity index (χ1v) is 5.36. The maximum Gasteiger partial charge on any atom is 0.107 e. The summed E-state index contributed by atoms with van der Waals surface area (Å²) in [6, 6.07) is 6.09. The number of hydrogen-bond acceptors (Lipinski definition) is 3. The number of rotatable bonds is 3. The van der Waals surface area contributed by atoms with E-state index in [1.807, 2.05) is 25.1 Å². The molecule has 0 spiro atoms. The number of aromatic nitrogens is 2. The molecule has 1 aromatic heterocycles. The first-order chi connectivity index (χ1) is 7.63. The van der Waals surface area contributed by atoms with Crippen LogP contribution in [0.3, 0.4) is 0 Å². The Morgan fingerprint density at radius 1 is 1.50 bits per heavy atom. The molecule has 1 unspecified atom stereocenters. The molecule has 4 nitrogen and oxygen atoms in total. The Labute approximate surface area is 95.0 Å². The van der Waals surface area contributed by atoms with Crippen LogP contribution in [0.15, 0.2) is 18.2 Å². The molecule has 0 bridgehead atoms. The van der Waals surface area contributed by atoms with Crippen LogP contribution < -0.4 is 5.73 Å². The summed E-state index contributed by atoms with van der Waals surface area (Å²) in [5.74, 6) is 0.991. The molecule has 0 aliphatic rings. The van der Waals surface area contributed by atoms with Crippen LogP contribution >= 0.6 is 0 Å². The van der Waals surface area contributed by atoms with Gasteiger partial charge in [-0.05, 0) is 32.0 Å². The fourth-order valence-corrected chi connectivity index (χ4v) is 2.11. The molecule has 0 saturated heterocycles. The average molecular weight is 219 g/mol. The van der Waals surface area contributed by atoms with Gasteiger partial charge in [0.05, 0.1) is 23.7 Å². The van der Waals surface area contributed by atoms with Crippen molar-refractivity contribution in [2.75, 3.05) is 19.5 Å². The molecule has 0 aliphatic heterocycles. The van der Waals surface area contributed by atoms with Gasteiger partial charge in [-0.15, -0.1) is 0 Å². The summed E-state index contributed by atoms with van der Waals surface area (Å²) in [5, 5.41) is 0. The second-order valence-electron chi connectivity index (χ2n) is 4.08. The van der Waals surface area contributed by atoms with Crippen LogP contribution in [0.4, 0.5) is 5.69 Å². The lowest BCUT2D eigenvalue weighted by atomic mass is 10.2. The maximum atomic E-state index is 5.74. The first kappa shape index (κ1) is 11.0. The molecule has 0 fully saturated rings. The third kappa shape index (κ3) is 1.76. The molecule has 2 rings (SSSR count). The van der Waals surface area contributed by atoms with Gasteiger partial charge in [0.1, 0.15) is 5.82 Å². The number of imidazole rings is 1. The smallest absolute Gasteiger partial charge is 0.107 e. The van der Waals surface area contributed by atoms with Gasteiger partial charge in [-0.1, -0.05) is 0 Å². The van der Waals surface area contributed by atoms with E-state index in [0.29, 0.717) is 6.61 Å². The molecule has 0 saturated carbocycles. The molecule has 1 aromatic carbocycles. The van der Waals surface area contributed by atoms with Crippen LogP contribution in [0, 0.1) is 6.92 Å². The topological polar surface area (TPSA) is 53.1 Å².